The van der Waals surface area contributed by atoms with Gasteiger partial charge in [0.15, 0.2) is 0 Å². The van der Waals surface area contributed by atoms with E-state index in [1.165, 1.54) is 29.6 Å². The van der Waals surface area contributed by atoms with Crippen LogP contribution in [0.5, 0.6) is 0 Å². The Morgan fingerprint density at radius 2 is 2.04 bits per heavy atom. The number of carbonyl (C=O) groups is 2. The Morgan fingerprint density at radius 1 is 1.32 bits per heavy atom. The van der Waals surface area contributed by atoms with Gasteiger partial charge in [0.2, 0.25) is 15.9 Å². The molecule has 1 aliphatic heterocycles. The van der Waals surface area contributed by atoms with Crippen molar-refractivity contribution in [3.8, 4) is 0 Å². The summed E-state index contributed by atoms with van der Waals surface area (Å²) in [5, 5.41) is 2.48. The van der Waals surface area contributed by atoms with Crippen molar-refractivity contribution < 1.29 is 18.0 Å². The molecule has 1 heterocycles. The van der Waals surface area contributed by atoms with Gasteiger partial charge in [0.25, 0.3) is 5.91 Å². The van der Waals surface area contributed by atoms with Crippen LogP contribution in [0.15, 0.2) is 29.2 Å². The fourth-order valence-corrected chi connectivity index (χ4v) is 4.57. The Labute approximate surface area is 149 Å². The second-order valence-electron chi connectivity index (χ2n) is 6.14. The monoisotopic (exact) mass is 367 g/mol. The molecule has 138 valence electrons. The maximum absolute atomic E-state index is 13.1. The number of piperazine rings is 1. The first-order chi connectivity index (χ1) is 11.8. The molecule has 2 rings (SSSR count). The van der Waals surface area contributed by atoms with Crippen LogP contribution in [0.3, 0.4) is 0 Å². The fraction of sp³-hybridized carbons (Fsp3) is 0.529. The van der Waals surface area contributed by atoms with Crippen molar-refractivity contribution in [2.75, 3.05) is 27.2 Å². The van der Waals surface area contributed by atoms with Crippen molar-refractivity contribution in [1.82, 2.24) is 14.5 Å². The Bertz CT molecular complexity index is 748. The summed E-state index contributed by atoms with van der Waals surface area (Å²) in [5.74, 6) is -0.528. The molecule has 1 fully saturated rings. The number of sulfonamides is 1. The smallest absolute Gasteiger partial charge is 0.251 e. The van der Waals surface area contributed by atoms with Crippen LogP contribution in [0, 0.1) is 0 Å². The number of carbonyl (C=O) groups excluding carboxylic acids is 2. The van der Waals surface area contributed by atoms with E-state index in [0.717, 1.165) is 12.8 Å². The molecular formula is C17H25N3O4S. The van der Waals surface area contributed by atoms with Gasteiger partial charge < -0.3 is 10.2 Å². The summed E-state index contributed by atoms with van der Waals surface area (Å²) in [6.07, 6.45) is 2.15. The maximum atomic E-state index is 13.1. The molecule has 0 aromatic heterocycles. The van der Waals surface area contributed by atoms with Crippen LogP contribution in [0.4, 0.5) is 0 Å². The van der Waals surface area contributed by atoms with E-state index >= 15 is 0 Å². The molecule has 1 aromatic carbocycles. The molecular weight excluding hydrogens is 342 g/mol. The summed E-state index contributed by atoms with van der Waals surface area (Å²) in [6, 6.07) is 5.22. The topological polar surface area (TPSA) is 86.8 Å². The first-order valence-corrected chi connectivity index (χ1v) is 9.86. The highest BCUT2D eigenvalue weighted by Gasteiger charge is 2.40. The third kappa shape index (κ3) is 4.01. The van der Waals surface area contributed by atoms with Gasteiger partial charge in [0.05, 0.1) is 4.90 Å². The van der Waals surface area contributed by atoms with Crippen molar-refractivity contribution in [2.24, 2.45) is 0 Å². The van der Waals surface area contributed by atoms with Crippen LogP contribution in [0.25, 0.3) is 0 Å². The quantitative estimate of drug-likeness (QED) is 0.815. The summed E-state index contributed by atoms with van der Waals surface area (Å²) in [6.45, 7) is 2.61. The van der Waals surface area contributed by atoms with Gasteiger partial charge in [0, 0.05) is 32.7 Å². The van der Waals surface area contributed by atoms with E-state index in [1.807, 2.05) is 6.92 Å². The van der Waals surface area contributed by atoms with Gasteiger partial charge in [-0.15, -0.1) is 0 Å². The van der Waals surface area contributed by atoms with E-state index in [0.29, 0.717) is 13.0 Å². The molecule has 0 saturated carbocycles. The zero-order chi connectivity index (χ0) is 18.6. The lowest BCUT2D eigenvalue weighted by atomic mass is 10.1. The van der Waals surface area contributed by atoms with Crippen molar-refractivity contribution in [2.45, 2.75) is 37.1 Å². The molecule has 1 aromatic rings. The molecule has 0 aliphatic carbocycles. The average Bonchev–Trinajstić information content (AvgIpc) is 2.62. The summed E-state index contributed by atoms with van der Waals surface area (Å²) in [7, 11) is -0.675. The lowest BCUT2D eigenvalue weighted by Gasteiger charge is -2.38. The highest BCUT2D eigenvalue weighted by molar-refractivity contribution is 7.89. The highest BCUT2D eigenvalue weighted by atomic mass is 32.2. The number of nitrogens with one attached hydrogen (secondary N) is 1. The summed E-state index contributed by atoms with van der Waals surface area (Å²) in [5.41, 5.74) is 0.272. The summed E-state index contributed by atoms with van der Waals surface area (Å²) >= 11 is 0. The zero-order valence-electron chi connectivity index (χ0n) is 14.9. The molecule has 1 N–H and O–H groups in total. The molecule has 0 unspecified atom stereocenters. The number of hydrogen-bond acceptors (Lipinski definition) is 4. The summed E-state index contributed by atoms with van der Waals surface area (Å²) in [4.78, 5) is 25.9. The number of amides is 2. The van der Waals surface area contributed by atoms with Gasteiger partial charge in [-0.05, 0) is 24.6 Å². The van der Waals surface area contributed by atoms with Crippen LogP contribution < -0.4 is 5.32 Å². The third-order valence-electron chi connectivity index (χ3n) is 4.43. The SMILES string of the molecule is CCCC[C@H]1C(=O)N(C)CCN1S(=O)(=O)c1cccc(C(=O)NC)c1. The minimum Gasteiger partial charge on any atom is -0.355 e. The van der Waals surface area contributed by atoms with Crippen molar-refractivity contribution in [3.63, 3.8) is 0 Å². The number of unbranched alkanes of at least 4 members (excludes halogenated alkanes) is 1. The molecule has 1 atom stereocenters. The van der Waals surface area contributed by atoms with Crippen LogP contribution in [0.1, 0.15) is 36.5 Å². The van der Waals surface area contributed by atoms with E-state index in [2.05, 4.69) is 5.32 Å². The highest BCUT2D eigenvalue weighted by Crippen LogP contribution is 2.25. The lowest BCUT2D eigenvalue weighted by molar-refractivity contribution is -0.137. The molecule has 8 heteroatoms. The van der Waals surface area contributed by atoms with Gasteiger partial charge >= 0.3 is 0 Å². The molecule has 7 nitrogen and oxygen atoms in total. The minimum absolute atomic E-state index is 0.0347. The predicted molar refractivity (Wildman–Crippen MR) is 94.7 cm³/mol. The third-order valence-corrected chi connectivity index (χ3v) is 6.33. The number of hydrogen-bond donors (Lipinski definition) is 1. The van der Waals surface area contributed by atoms with E-state index in [9.17, 15) is 18.0 Å². The second kappa shape index (κ2) is 7.97. The van der Waals surface area contributed by atoms with Crippen LogP contribution in [-0.2, 0) is 14.8 Å². The van der Waals surface area contributed by atoms with Gasteiger partial charge in [-0.1, -0.05) is 25.8 Å². The maximum Gasteiger partial charge on any atom is 0.251 e. The van der Waals surface area contributed by atoms with Crippen molar-refractivity contribution in [3.05, 3.63) is 29.8 Å². The second-order valence-corrected chi connectivity index (χ2v) is 8.03. The first kappa shape index (κ1) is 19.4. The van der Waals surface area contributed by atoms with Crippen LogP contribution in [-0.4, -0.2) is 62.7 Å². The van der Waals surface area contributed by atoms with Crippen LogP contribution in [0.2, 0.25) is 0 Å². The Hall–Kier alpha value is -1.93. The average molecular weight is 367 g/mol. The van der Waals surface area contributed by atoms with Gasteiger partial charge in [0.1, 0.15) is 6.04 Å². The standard InChI is InChI=1S/C17H25N3O4S/c1-4-5-9-15-17(22)19(3)10-11-20(15)25(23,24)14-8-6-7-13(12-14)16(21)18-2/h6-8,12,15H,4-5,9-11H2,1-3H3,(H,18,21)/t15-/m0/s1. The van der Waals surface area contributed by atoms with Gasteiger partial charge in [-0.25, -0.2) is 8.42 Å². The fourth-order valence-electron chi connectivity index (χ4n) is 2.92. The molecule has 0 radical (unpaired) electrons. The predicted octanol–water partition coefficient (Wildman–Crippen LogP) is 1.07. The Balaban J connectivity index is 2.39. The number of rotatable bonds is 6. The lowest BCUT2D eigenvalue weighted by Crippen LogP contribution is -2.57. The van der Waals surface area contributed by atoms with E-state index in [-0.39, 0.29) is 28.8 Å². The van der Waals surface area contributed by atoms with Crippen molar-refractivity contribution in [1.29, 1.82) is 0 Å². The Kier molecular flexibility index (Phi) is 6.18. The number of likely N-dealkylation sites (N-methyl/N-ethyl adjacent to an activating group) is 1. The molecule has 1 aliphatic rings. The normalized spacial score (nSPS) is 19.1. The first-order valence-electron chi connectivity index (χ1n) is 8.42. The van der Waals surface area contributed by atoms with Gasteiger partial charge in [-0.2, -0.15) is 4.31 Å². The number of benzene rings is 1. The molecule has 1 saturated heterocycles. The molecule has 0 bridgehead atoms. The largest absolute Gasteiger partial charge is 0.355 e. The van der Waals surface area contributed by atoms with E-state index in [1.54, 1.807) is 18.0 Å². The summed E-state index contributed by atoms with van der Waals surface area (Å²) < 4.78 is 27.5. The molecule has 25 heavy (non-hydrogen) atoms. The molecule has 2 amide bonds. The van der Waals surface area contributed by atoms with E-state index in [4.69, 9.17) is 0 Å². The van der Waals surface area contributed by atoms with E-state index < -0.39 is 16.1 Å². The van der Waals surface area contributed by atoms with Crippen LogP contribution >= 0.6 is 0 Å². The Morgan fingerprint density at radius 3 is 2.68 bits per heavy atom. The minimum atomic E-state index is -3.86. The van der Waals surface area contributed by atoms with Crippen molar-refractivity contribution >= 4 is 21.8 Å². The zero-order valence-corrected chi connectivity index (χ0v) is 15.7. The van der Waals surface area contributed by atoms with Gasteiger partial charge in [-0.3, -0.25) is 9.59 Å². The number of nitrogens with zero attached hydrogens (tertiary/aromatic N) is 2. The molecule has 0 spiro atoms.